The third-order valence-electron chi connectivity index (χ3n) is 2.43. The van der Waals surface area contributed by atoms with Crippen molar-refractivity contribution in [2.45, 2.75) is 6.10 Å². The van der Waals surface area contributed by atoms with E-state index in [-0.39, 0.29) is 0 Å². The SMILES string of the molecule is COCCOCC(O)CN(CCOC)CCOC. The summed E-state index contributed by atoms with van der Waals surface area (Å²) < 4.78 is 20.2. The molecule has 1 N–H and O–H groups in total. The summed E-state index contributed by atoms with van der Waals surface area (Å²) in [5.41, 5.74) is 0. The van der Waals surface area contributed by atoms with Crippen LogP contribution in [0.15, 0.2) is 0 Å². The molecule has 18 heavy (non-hydrogen) atoms. The number of rotatable bonds is 13. The number of hydrogen-bond acceptors (Lipinski definition) is 6. The van der Waals surface area contributed by atoms with Crippen LogP contribution >= 0.6 is 0 Å². The van der Waals surface area contributed by atoms with Crippen LogP contribution in [0.3, 0.4) is 0 Å². The zero-order chi connectivity index (χ0) is 13.6. The number of methoxy groups -OCH3 is 3. The van der Waals surface area contributed by atoms with Crippen LogP contribution in [0.25, 0.3) is 0 Å². The van der Waals surface area contributed by atoms with Crippen molar-refractivity contribution in [2.75, 3.05) is 74.0 Å². The van der Waals surface area contributed by atoms with Crippen LogP contribution in [0, 0.1) is 0 Å². The predicted molar refractivity (Wildman–Crippen MR) is 68.9 cm³/mol. The molecule has 0 heterocycles. The fourth-order valence-electron chi connectivity index (χ4n) is 1.45. The summed E-state index contributed by atoms with van der Waals surface area (Å²) in [4.78, 5) is 2.09. The largest absolute Gasteiger partial charge is 0.389 e. The molecule has 0 aliphatic rings. The Morgan fingerprint density at radius 2 is 1.44 bits per heavy atom. The van der Waals surface area contributed by atoms with Gasteiger partial charge < -0.3 is 24.1 Å². The molecule has 0 aliphatic heterocycles. The second-order valence-electron chi connectivity index (χ2n) is 4.01. The minimum atomic E-state index is -0.504. The average molecular weight is 265 g/mol. The highest BCUT2D eigenvalue weighted by Crippen LogP contribution is 1.95. The van der Waals surface area contributed by atoms with Gasteiger partial charge in [-0.05, 0) is 0 Å². The van der Waals surface area contributed by atoms with E-state index >= 15 is 0 Å². The number of nitrogens with zero attached hydrogens (tertiary/aromatic N) is 1. The van der Waals surface area contributed by atoms with Crippen molar-refractivity contribution in [3.63, 3.8) is 0 Å². The molecule has 0 aromatic heterocycles. The molecule has 0 rings (SSSR count). The van der Waals surface area contributed by atoms with Gasteiger partial charge in [-0.1, -0.05) is 0 Å². The molecular weight excluding hydrogens is 238 g/mol. The van der Waals surface area contributed by atoms with Crippen molar-refractivity contribution in [1.29, 1.82) is 0 Å². The first-order chi connectivity index (χ1) is 8.74. The van der Waals surface area contributed by atoms with E-state index in [0.29, 0.717) is 39.6 Å². The second-order valence-corrected chi connectivity index (χ2v) is 4.01. The average Bonchev–Trinajstić information content (AvgIpc) is 2.38. The van der Waals surface area contributed by atoms with Gasteiger partial charge in [0.15, 0.2) is 0 Å². The van der Waals surface area contributed by atoms with Crippen molar-refractivity contribution >= 4 is 0 Å². The van der Waals surface area contributed by atoms with Crippen LogP contribution in [0.5, 0.6) is 0 Å². The van der Waals surface area contributed by atoms with Crippen LogP contribution in [-0.4, -0.2) is 90.1 Å². The molecule has 0 bridgehead atoms. The van der Waals surface area contributed by atoms with Gasteiger partial charge in [-0.15, -0.1) is 0 Å². The smallest absolute Gasteiger partial charge is 0.0900 e. The quantitative estimate of drug-likeness (QED) is 0.458. The van der Waals surface area contributed by atoms with Crippen molar-refractivity contribution in [2.24, 2.45) is 0 Å². The van der Waals surface area contributed by atoms with Crippen LogP contribution in [0.1, 0.15) is 0 Å². The number of ether oxygens (including phenoxy) is 4. The van der Waals surface area contributed by atoms with Gasteiger partial charge in [0, 0.05) is 41.0 Å². The topological polar surface area (TPSA) is 60.4 Å². The van der Waals surface area contributed by atoms with E-state index in [9.17, 15) is 5.11 Å². The van der Waals surface area contributed by atoms with E-state index in [1.807, 2.05) is 0 Å². The molecule has 0 aromatic rings. The van der Waals surface area contributed by atoms with E-state index in [1.165, 1.54) is 0 Å². The lowest BCUT2D eigenvalue weighted by atomic mass is 10.3. The van der Waals surface area contributed by atoms with E-state index in [4.69, 9.17) is 18.9 Å². The van der Waals surface area contributed by atoms with E-state index < -0.39 is 6.10 Å². The number of aliphatic hydroxyl groups is 1. The molecule has 110 valence electrons. The van der Waals surface area contributed by atoms with Gasteiger partial charge in [0.25, 0.3) is 0 Å². The summed E-state index contributed by atoms with van der Waals surface area (Å²) in [5.74, 6) is 0. The second kappa shape index (κ2) is 13.2. The van der Waals surface area contributed by atoms with Gasteiger partial charge >= 0.3 is 0 Å². The lowest BCUT2D eigenvalue weighted by Gasteiger charge is -2.24. The molecule has 1 atom stereocenters. The normalized spacial score (nSPS) is 13.2. The van der Waals surface area contributed by atoms with Gasteiger partial charge in [0.1, 0.15) is 0 Å². The summed E-state index contributed by atoms with van der Waals surface area (Å²) in [7, 11) is 4.95. The molecule has 1 unspecified atom stereocenters. The van der Waals surface area contributed by atoms with Crippen molar-refractivity contribution in [1.82, 2.24) is 4.90 Å². The number of aliphatic hydroxyl groups excluding tert-OH is 1. The lowest BCUT2D eigenvalue weighted by Crippen LogP contribution is -2.39. The van der Waals surface area contributed by atoms with Gasteiger partial charge in [-0.2, -0.15) is 0 Å². The molecule has 6 nitrogen and oxygen atoms in total. The van der Waals surface area contributed by atoms with Gasteiger partial charge in [0.05, 0.1) is 39.1 Å². The maximum atomic E-state index is 9.83. The monoisotopic (exact) mass is 265 g/mol. The van der Waals surface area contributed by atoms with Crippen LogP contribution in [-0.2, 0) is 18.9 Å². The first-order valence-electron chi connectivity index (χ1n) is 6.19. The first kappa shape index (κ1) is 17.8. The predicted octanol–water partition coefficient (Wildman–Crippen LogP) is -0.395. The molecule has 0 aliphatic carbocycles. The summed E-state index contributed by atoms with van der Waals surface area (Å²) in [6.45, 7) is 4.75. The van der Waals surface area contributed by atoms with Gasteiger partial charge in [0.2, 0.25) is 0 Å². The molecule has 0 radical (unpaired) electrons. The molecule has 0 saturated carbocycles. The highest BCUT2D eigenvalue weighted by molar-refractivity contribution is 4.64. The molecule has 0 amide bonds. The molecule has 0 saturated heterocycles. The van der Waals surface area contributed by atoms with E-state index in [2.05, 4.69) is 4.90 Å². The van der Waals surface area contributed by atoms with Crippen LogP contribution in [0.4, 0.5) is 0 Å². The van der Waals surface area contributed by atoms with Gasteiger partial charge in [-0.3, -0.25) is 4.90 Å². The molecule has 0 fully saturated rings. The standard InChI is InChI=1S/C12H27NO5/c1-15-6-4-13(5-7-16-2)10-12(14)11-18-9-8-17-3/h12,14H,4-11H2,1-3H3. The summed E-state index contributed by atoms with van der Waals surface area (Å²) in [6, 6.07) is 0. The third kappa shape index (κ3) is 10.9. The zero-order valence-corrected chi connectivity index (χ0v) is 11.8. The molecule has 0 spiro atoms. The zero-order valence-electron chi connectivity index (χ0n) is 11.8. The Balaban J connectivity index is 3.74. The third-order valence-corrected chi connectivity index (χ3v) is 2.43. The highest BCUT2D eigenvalue weighted by Gasteiger charge is 2.11. The van der Waals surface area contributed by atoms with Crippen LogP contribution < -0.4 is 0 Å². The lowest BCUT2D eigenvalue weighted by molar-refractivity contribution is -0.00603. The summed E-state index contributed by atoms with van der Waals surface area (Å²) in [5, 5.41) is 9.83. The van der Waals surface area contributed by atoms with Crippen molar-refractivity contribution in [3.8, 4) is 0 Å². The maximum absolute atomic E-state index is 9.83. The Labute approximate surface area is 110 Å². The summed E-state index contributed by atoms with van der Waals surface area (Å²) in [6.07, 6.45) is -0.504. The summed E-state index contributed by atoms with van der Waals surface area (Å²) >= 11 is 0. The van der Waals surface area contributed by atoms with Gasteiger partial charge in [-0.25, -0.2) is 0 Å². The van der Waals surface area contributed by atoms with Crippen LogP contribution in [0.2, 0.25) is 0 Å². The fourth-order valence-corrected chi connectivity index (χ4v) is 1.45. The number of hydrogen-bond donors (Lipinski definition) is 1. The van der Waals surface area contributed by atoms with Crippen molar-refractivity contribution < 1.29 is 24.1 Å². The Morgan fingerprint density at radius 3 is 1.94 bits per heavy atom. The van der Waals surface area contributed by atoms with Crippen molar-refractivity contribution in [3.05, 3.63) is 0 Å². The first-order valence-corrected chi connectivity index (χ1v) is 6.19. The Hall–Kier alpha value is -0.240. The van der Waals surface area contributed by atoms with E-state index in [1.54, 1.807) is 21.3 Å². The molecule has 0 aromatic carbocycles. The minimum Gasteiger partial charge on any atom is -0.389 e. The maximum Gasteiger partial charge on any atom is 0.0900 e. The fraction of sp³-hybridized carbons (Fsp3) is 1.00. The minimum absolute atomic E-state index is 0.319. The Morgan fingerprint density at radius 1 is 0.889 bits per heavy atom. The Bertz CT molecular complexity index is 163. The highest BCUT2D eigenvalue weighted by atomic mass is 16.5. The molecular formula is C12H27NO5. The molecule has 6 heteroatoms. The van der Waals surface area contributed by atoms with E-state index in [0.717, 1.165) is 13.1 Å². The Kier molecular flexibility index (Phi) is 13.0.